The maximum Gasteiger partial charge on any atom is 0.286 e. The van der Waals surface area contributed by atoms with Gasteiger partial charge in [-0.3, -0.25) is 4.79 Å². The normalized spacial score (nSPS) is 19.4. The van der Waals surface area contributed by atoms with Crippen LogP contribution in [-0.2, 0) is 4.79 Å². The fourth-order valence-corrected chi connectivity index (χ4v) is 4.05. The fraction of sp³-hybridized carbons (Fsp3) is 0.474. The molecule has 0 aromatic heterocycles. The quantitative estimate of drug-likeness (QED) is 0.714. The van der Waals surface area contributed by atoms with Gasteiger partial charge in [-0.2, -0.15) is 4.99 Å². The molecule has 3 rings (SSSR count). The summed E-state index contributed by atoms with van der Waals surface area (Å²) >= 11 is 1.41. The van der Waals surface area contributed by atoms with Gasteiger partial charge < -0.3 is 24.0 Å². The topological polar surface area (TPSA) is 63.6 Å². The van der Waals surface area contributed by atoms with Crippen LogP contribution in [0.15, 0.2) is 22.0 Å². The Kier molecular flexibility index (Phi) is 6.28. The number of carbonyl (C=O) groups is 1. The Morgan fingerprint density at radius 2 is 1.67 bits per heavy atom. The molecule has 0 unspecified atom stereocenters. The molecule has 27 heavy (non-hydrogen) atoms. The van der Waals surface area contributed by atoms with Gasteiger partial charge in [-0.1, -0.05) is 6.92 Å². The number of piperazine rings is 1. The summed E-state index contributed by atoms with van der Waals surface area (Å²) in [5, 5.41) is 0.779. The van der Waals surface area contributed by atoms with Gasteiger partial charge in [0.15, 0.2) is 16.7 Å². The molecular formula is C19H25N3O4S. The standard InChI is InChI=1S/C19H25N3O4S/c1-5-21-6-8-22(9-7-21)19-20-18(23)17(27-19)11-13-10-15(25-3)16(26-4)12-14(13)24-2/h10-12H,5-9H2,1-4H3/b17-11-. The van der Waals surface area contributed by atoms with Crippen molar-refractivity contribution in [3.8, 4) is 17.2 Å². The summed E-state index contributed by atoms with van der Waals surface area (Å²) in [6.45, 7) is 6.98. The summed E-state index contributed by atoms with van der Waals surface area (Å²) < 4.78 is 16.1. The number of aliphatic imine (C=N–C) groups is 1. The number of nitrogens with zero attached hydrogens (tertiary/aromatic N) is 3. The lowest BCUT2D eigenvalue weighted by molar-refractivity contribution is -0.113. The summed E-state index contributed by atoms with van der Waals surface area (Å²) in [4.78, 5) is 21.8. The summed E-state index contributed by atoms with van der Waals surface area (Å²) in [5.41, 5.74) is 0.748. The number of likely N-dealkylation sites (N-methyl/N-ethyl adjacent to an activating group) is 1. The van der Waals surface area contributed by atoms with Crippen LogP contribution in [0.25, 0.3) is 6.08 Å². The molecule has 0 radical (unpaired) electrons. The highest BCUT2D eigenvalue weighted by atomic mass is 32.2. The van der Waals surface area contributed by atoms with Crippen molar-refractivity contribution in [3.05, 3.63) is 22.6 Å². The third-order valence-electron chi connectivity index (χ3n) is 4.72. The highest BCUT2D eigenvalue weighted by Gasteiger charge is 2.28. The second-order valence-electron chi connectivity index (χ2n) is 6.18. The van der Waals surface area contributed by atoms with E-state index in [1.165, 1.54) is 11.8 Å². The molecule has 2 aliphatic heterocycles. The average Bonchev–Trinajstić information content (AvgIpc) is 3.08. The van der Waals surface area contributed by atoms with Gasteiger partial charge in [0, 0.05) is 37.8 Å². The van der Waals surface area contributed by atoms with Crippen molar-refractivity contribution in [2.24, 2.45) is 4.99 Å². The molecule has 1 fully saturated rings. The number of carbonyl (C=O) groups excluding carboxylic acids is 1. The Bertz CT molecular complexity index is 770. The van der Waals surface area contributed by atoms with Gasteiger partial charge in [0.2, 0.25) is 0 Å². The summed E-state index contributed by atoms with van der Waals surface area (Å²) in [6.07, 6.45) is 1.80. The SMILES string of the molecule is CCN1CCN(C2=NC(=O)/C(=C/c3cc(OC)c(OC)cc3OC)S2)CC1. The zero-order chi connectivity index (χ0) is 19.4. The number of hydrogen-bond acceptors (Lipinski definition) is 7. The molecular weight excluding hydrogens is 366 g/mol. The van der Waals surface area contributed by atoms with Crippen LogP contribution in [0.5, 0.6) is 17.2 Å². The van der Waals surface area contributed by atoms with E-state index < -0.39 is 0 Å². The lowest BCUT2D eigenvalue weighted by Gasteiger charge is -2.34. The number of amides is 1. The molecule has 7 nitrogen and oxygen atoms in total. The van der Waals surface area contributed by atoms with Crippen molar-refractivity contribution in [2.75, 3.05) is 54.1 Å². The maximum absolute atomic E-state index is 12.4. The third kappa shape index (κ3) is 4.22. The molecule has 0 N–H and O–H groups in total. The van der Waals surface area contributed by atoms with Crippen molar-refractivity contribution in [1.29, 1.82) is 0 Å². The first-order valence-electron chi connectivity index (χ1n) is 8.89. The van der Waals surface area contributed by atoms with E-state index >= 15 is 0 Å². The first kappa shape index (κ1) is 19.6. The minimum Gasteiger partial charge on any atom is -0.496 e. The van der Waals surface area contributed by atoms with Crippen molar-refractivity contribution in [2.45, 2.75) is 6.92 Å². The predicted octanol–water partition coefficient (Wildman–Crippen LogP) is 2.32. The zero-order valence-electron chi connectivity index (χ0n) is 16.2. The molecule has 2 aliphatic rings. The summed E-state index contributed by atoms with van der Waals surface area (Å²) in [6, 6.07) is 3.55. The number of methoxy groups -OCH3 is 3. The van der Waals surface area contributed by atoms with Crippen LogP contribution in [0, 0.1) is 0 Å². The number of thioether (sulfide) groups is 1. The minimum absolute atomic E-state index is 0.218. The van der Waals surface area contributed by atoms with E-state index in [2.05, 4.69) is 21.7 Å². The first-order valence-corrected chi connectivity index (χ1v) is 9.71. The smallest absolute Gasteiger partial charge is 0.286 e. The van der Waals surface area contributed by atoms with Crippen molar-refractivity contribution in [1.82, 2.24) is 9.80 Å². The minimum atomic E-state index is -0.218. The lowest BCUT2D eigenvalue weighted by atomic mass is 10.1. The molecule has 1 aromatic carbocycles. The molecule has 0 atom stereocenters. The average molecular weight is 391 g/mol. The van der Waals surface area contributed by atoms with Gasteiger partial charge in [0.1, 0.15) is 5.75 Å². The number of ether oxygens (including phenoxy) is 3. The van der Waals surface area contributed by atoms with Gasteiger partial charge in [-0.05, 0) is 30.4 Å². The van der Waals surface area contributed by atoms with Crippen molar-refractivity contribution >= 4 is 28.9 Å². The molecule has 0 bridgehead atoms. The van der Waals surface area contributed by atoms with E-state index in [1.807, 2.05) is 0 Å². The predicted molar refractivity (Wildman–Crippen MR) is 108 cm³/mol. The Balaban J connectivity index is 1.80. The molecule has 0 saturated carbocycles. The van der Waals surface area contributed by atoms with E-state index in [9.17, 15) is 4.79 Å². The second kappa shape index (κ2) is 8.67. The fourth-order valence-electron chi connectivity index (χ4n) is 3.10. The monoisotopic (exact) mass is 391 g/mol. The Hall–Kier alpha value is -2.19. The van der Waals surface area contributed by atoms with Crippen LogP contribution in [-0.4, -0.2) is 74.9 Å². The van der Waals surface area contributed by atoms with E-state index in [1.54, 1.807) is 39.5 Å². The number of hydrogen-bond donors (Lipinski definition) is 0. The molecule has 1 saturated heterocycles. The number of benzene rings is 1. The van der Waals surface area contributed by atoms with Crippen LogP contribution in [0.3, 0.4) is 0 Å². The molecule has 1 aromatic rings. The maximum atomic E-state index is 12.4. The van der Waals surface area contributed by atoms with Crippen molar-refractivity contribution < 1.29 is 19.0 Å². The summed E-state index contributed by atoms with van der Waals surface area (Å²) in [5.74, 6) is 1.55. The molecule has 1 amide bonds. The lowest BCUT2D eigenvalue weighted by Crippen LogP contribution is -2.47. The zero-order valence-corrected chi connectivity index (χ0v) is 17.0. The Labute approximate surface area is 164 Å². The highest BCUT2D eigenvalue weighted by Crippen LogP contribution is 2.38. The third-order valence-corrected chi connectivity index (χ3v) is 5.77. The van der Waals surface area contributed by atoms with Crippen molar-refractivity contribution in [3.63, 3.8) is 0 Å². The van der Waals surface area contributed by atoms with Crippen LogP contribution in [0.4, 0.5) is 0 Å². The molecule has 8 heteroatoms. The van der Waals surface area contributed by atoms with Gasteiger partial charge in [0.25, 0.3) is 5.91 Å². The van der Waals surface area contributed by atoms with Gasteiger partial charge in [-0.15, -0.1) is 0 Å². The van der Waals surface area contributed by atoms with Gasteiger partial charge in [-0.25, -0.2) is 0 Å². The summed E-state index contributed by atoms with van der Waals surface area (Å²) in [7, 11) is 4.74. The number of rotatable bonds is 5. The second-order valence-corrected chi connectivity index (χ2v) is 7.19. The van der Waals surface area contributed by atoms with E-state index in [4.69, 9.17) is 14.2 Å². The Morgan fingerprint density at radius 3 is 2.26 bits per heavy atom. The molecule has 0 aliphatic carbocycles. The van der Waals surface area contributed by atoms with E-state index in [-0.39, 0.29) is 5.91 Å². The van der Waals surface area contributed by atoms with Crippen LogP contribution >= 0.6 is 11.8 Å². The largest absolute Gasteiger partial charge is 0.496 e. The van der Waals surface area contributed by atoms with Crippen LogP contribution in [0.2, 0.25) is 0 Å². The van der Waals surface area contributed by atoms with Crippen LogP contribution in [0.1, 0.15) is 12.5 Å². The molecule has 0 spiro atoms. The highest BCUT2D eigenvalue weighted by molar-refractivity contribution is 8.18. The van der Waals surface area contributed by atoms with E-state index in [0.29, 0.717) is 22.2 Å². The van der Waals surface area contributed by atoms with E-state index in [0.717, 1.165) is 43.5 Å². The molecule has 146 valence electrons. The van der Waals surface area contributed by atoms with Crippen LogP contribution < -0.4 is 14.2 Å². The Morgan fingerprint density at radius 1 is 1.04 bits per heavy atom. The van der Waals surface area contributed by atoms with Gasteiger partial charge >= 0.3 is 0 Å². The molecule has 2 heterocycles. The van der Waals surface area contributed by atoms with Gasteiger partial charge in [0.05, 0.1) is 26.2 Å². The first-order chi connectivity index (χ1) is 13.1. The number of amidine groups is 1.